The predicted octanol–water partition coefficient (Wildman–Crippen LogP) is 3.82. The van der Waals surface area contributed by atoms with Gasteiger partial charge in [-0.15, -0.1) is 0 Å². The van der Waals surface area contributed by atoms with Gasteiger partial charge in [-0.25, -0.2) is 4.68 Å². The minimum atomic E-state index is -0.0492. The molecule has 2 aromatic carbocycles. The molecule has 0 fully saturated rings. The smallest absolute Gasteiger partial charge is 0.119 e. The van der Waals surface area contributed by atoms with Gasteiger partial charge in [0.1, 0.15) is 5.75 Å². The molecule has 1 N–H and O–H groups in total. The standard InChI is InChI=1S/C19H20N2O2/c1-14(2)23-18-10-8-15(9-11-18)19-16(13-22)12-21(20-19)17-6-4-3-5-7-17/h3-12,14,22H,13H2,1-2H3. The first-order valence-corrected chi connectivity index (χ1v) is 7.69. The SMILES string of the molecule is CC(C)Oc1ccc(-c2nn(-c3ccccc3)cc2CO)cc1. The summed E-state index contributed by atoms with van der Waals surface area (Å²) >= 11 is 0. The van der Waals surface area contributed by atoms with Crippen LogP contribution < -0.4 is 4.74 Å². The van der Waals surface area contributed by atoms with E-state index in [1.165, 1.54) is 0 Å². The molecule has 4 heteroatoms. The lowest BCUT2D eigenvalue weighted by molar-refractivity contribution is 0.242. The van der Waals surface area contributed by atoms with Crippen LogP contribution >= 0.6 is 0 Å². The summed E-state index contributed by atoms with van der Waals surface area (Å²) in [4.78, 5) is 0. The van der Waals surface area contributed by atoms with Gasteiger partial charge in [0.2, 0.25) is 0 Å². The summed E-state index contributed by atoms with van der Waals surface area (Å²) in [5.41, 5.74) is 3.51. The maximum atomic E-state index is 9.64. The van der Waals surface area contributed by atoms with Crippen LogP contribution in [0.25, 0.3) is 16.9 Å². The number of hydrogen-bond acceptors (Lipinski definition) is 3. The van der Waals surface area contributed by atoms with Crippen molar-refractivity contribution in [3.63, 3.8) is 0 Å². The second kappa shape index (κ2) is 6.67. The average molecular weight is 308 g/mol. The topological polar surface area (TPSA) is 47.3 Å². The lowest BCUT2D eigenvalue weighted by Crippen LogP contribution is -2.05. The average Bonchev–Trinajstić information content (AvgIpc) is 3.00. The largest absolute Gasteiger partial charge is 0.491 e. The maximum Gasteiger partial charge on any atom is 0.119 e. The minimum absolute atomic E-state index is 0.0492. The Morgan fingerprint density at radius 1 is 1.04 bits per heavy atom. The van der Waals surface area contributed by atoms with Crippen molar-refractivity contribution in [3.8, 4) is 22.7 Å². The fourth-order valence-corrected chi connectivity index (χ4v) is 2.44. The van der Waals surface area contributed by atoms with E-state index >= 15 is 0 Å². The van der Waals surface area contributed by atoms with Crippen molar-refractivity contribution < 1.29 is 9.84 Å². The van der Waals surface area contributed by atoms with Crippen LogP contribution in [-0.4, -0.2) is 21.0 Å². The molecule has 1 heterocycles. The second-order valence-corrected chi connectivity index (χ2v) is 5.63. The number of nitrogens with zero attached hydrogens (tertiary/aromatic N) is 2. The van der Waals surface area contributed by atoms with Gasteiger partial charge in [0.15, 0.2) is 0 Å². The van der Waals surface area contributed by atoms with Gasteiger partial charge in [-0.1, -0.05) is 18.2 Å². The number of hydrogen-bond donors (Lipinski definition) is 1. The van der Waals surface area contributed by atoms with Crippen LogP contribution in [0.2, 0.25) is 0 Å². The van der Waals surface area contributed by atoms with Crippen molar-refractivity contribution in [3.05, 3.63) is 66.4 Å². The third-order valence-corrected chi connectivity index (χ3v) is 3.48. The van der Waals surface area contributed by atoms with Gasteiger partial charge < -0.3 is 9.84 Å². The maximum absolute atomic E-state index is 9.64. The monoisotopic (exact) mass is 308 g/mol. The summed E-state index contributed by atoms with van der Waals surface area (Å²) in [6.45, 7) is 3.95. The van der Waals surface area contributed by atoms with E-state index in [9.17, 15) is 5.11 Å². The number of para-hydroxylation sites is 1. The van der Waals surface area contributed by atoms with Gasteiger partial charge in [-0.05, 0) is 50.2 Å². The molecular weight excluding hydrogens is 288 g/mol. The third kappa shape index (κ3) is 3.43. The molecule has 118 valence electrons. The summed E-state index contributed by atoms with van der Waals surface area (Å²) in [6.07, 6.45) is 2.01. The number of rotatable bonds is 5. The highest BCUT2D eigenvalue weighted by molar-refractivity contribution is 5.64. The molecule has 0 amide bonds. The molecule has 3 rings (SSSR count). The highest BCUT2D eigenvalue weighted by Crippen LogP contribution is 2.26. The molecule has 4 nitrogen and oxygen atoms in total. The molecule has 3 aromatic rings. The van der Waals surface area contributed by atoms with Crippen LogP contribution in [0.4, 0.5) is 0 Å². The molecule has 0 aliphatic heterocycles. The van der Waals surface area contributed by atoms with Gasteiger partial charge in [0.05, 0.1) is 24.1 Å². The van der Waals surface area contributed by atoms with Crippen molar-refractivity contribution in [1.29, 1.82) is 0 Å². The first kappa shape index (κ1) is 15.3. The molecule has 0 aliphatic carbocycles. The first-order chi connectivity index (χ1) is 11.2. The Kier molecular flexibility index (Phi) is 4.44. The van der Waals surface area contributed by atoms with Crippen LogP contribution in [0, 0.1) is 0 Å². The van der Waals surface area contributed by atoms with Crippen molar-refractivity contribution in [2.24, 2.45) is 0 Å². The van der Waals surface area contributed by atoms with Crippen LogP contribution in [0.5, 0.6) is 5.75 Å². The second-order valence-electron chi connectivity index (χ2n) is 5.63. The number of aliphatic hydroxyl groups is 1. The molecule has 0 aliphatic rings. The summed E-state index contributed by atoms with van der Waals surface area (Å²) in [7, 11) is 0. The highest BCUT2D eigenvalue weighted by Gasteiger charge is 2.12. The lowest BCUT2D eigenvalue weighted by Gasteiger charge is -2.09. The van der Waals surface area contributed by atoms with E-state index in [0.717, 1.165) is 28.3 Å². The Bertz CT molecular complexity index is 762. The van der Waals surface area contributed by atoms with E-state index < -0.39 is 0 Å². The normalized spacial score (nSPS) is 11.0. The molecule has 0 bridgehead atoms. The quantitative estimate of drug-likeness (QED) is 0.779. The van der Waals surface area contributed by atoms with Crippen molar-refractivity contribution in [1.82, 2.24) is 9.78 Å². The summed E-state index contributed by atoms with van der Waals surface area (Å²) in [6, 6.07) is 17.7. The molecule has 0 unspecified atom stereocenters. The Labute approximate surface area is 136 Å². The Morgan fingerprint density at radius 3 is 2.35 bits per heavy atom. The van der Waals surface area contributed by atoms with Gasteiger partial charge in [0, 0.05) is 17.3 Å². The zero-order valence-electron chi connectivity index (χ0n) is 13.3. The van der Waals surface area contributed by atoms with Crippen molar-refractivity contribution >= 4 is 0 Å². The summed E-state index contributed by atoms with van der Waals surface area (Å²) in [5, 5.41) is 14.3. The zero-order chi connectivity index (χ0) is 16.2. The molecule has 0 radical (unpaired) electrons. The highest BCUT2D eigenvalue weighted by atomic mass is 16.5. The number of aromatic nitrogens is 2. The Hall–Kier alpha value is -2.59. The van der Waals surface area contributed by atoms with Crippen molar-refractivity contribution in [2.75, 3.05) is 0 Å². The predicted molar refractivity (Wildman–Crippen MR) is 90.7 cm³/mol. The molecule has 1 aromatic heterocycles. The number of aliphatic hydroxyl groups excluding tert-OH is 1. The molecule has 0 saturated heterocycles. The van der Waals surface area contributed by atoms with Gasteiger partial charge in [-0.2, -0.15) is 5.10 Å². The van der Waals surface area contributed by atoms with Crippen molar-refractivity contribution in [2.45, 2.75) is 26.6 Å². The summed E-state index contributed by atoms with van der Waals surface area (Å²) < 4.78 is 7.45. The van der Waals surface area contributed by atoms with Crippen LogP contribution in [0.3, 0.4) is 0 Å². The van der Waals surface area contributed by atoms with E-state index in [-0.39, 0.29) is 12.7 Å². The lowest BCUT2D eigenvalue weighted by atomic mass is 10.1. The Balaban J connectivity index is 1.94. The van der Waals surface area contributed by atoms with E-state index in [1.54, 1.807) is 4.68 Å². The van der Waals surface area contributed by atoms with Crippen LogP contribution in [0.15, 0.2) is 60.8 Å². The first-order valence-electron chi connectivity index (χ1n) is 7.69. The molecule has 23 heavy (non-hydrogen) atoms. The molecule has 0 atom stereocenters. The van der Waals surface area contributed by atoms with E-state index in [2.05, 4.69) is 5.10 Å². The third-order valence-electron chi connectivity index (χ3n) is 3.48. The van der Waals surface area contributed by atoms with Crippen LogP contribution in [-0.2, 0) is 6.61 Å². The van der Waals surface area contributed by atoms with Crippen LogP contribution in [0.1, 0.15) is 19.4 Å². The number of benzene rings is 2. The van der Waals surface area contributed by atoms with Gasteiger partial charge >= 0.3 is 0 Å². The fourth-order valence-electron chi connectivity index (χ4n) is 2.44. The molecule has 0 saturated carbocycles. The fraction of sp³-hybridized carbons (Fsp3) is 0.211. The van der Waals surface area contributed by atoms with E-state index in [1.807, 2.05) is 74.6 Å². The van der Waals surface area contributed by atoms with E-state index in [0.29, 0.717) is 0 Å². The zero-order valence-corrected chi connectivity index (χ0v) is 13.3. The molecular formula is C19H20N2O2. The Morgan fingerprint density at radius 2 is 1.74 bits per heavy atom. The van der Waals surface area contributed by atoms with E-state index in [4.69, 9.17) is 4.74 Å². The number of ether oxygens (including phenoxy) is 1. The van der Waals surface area contributed by atoms with Gasteiger partial charge in [0.25, 0.3) is 0 Å². The minimum Gasteiger partial charge on any atom is -0.491 e. The van der Waals surface area contributed by atoms with Gasteiger partial charge in [-0.3, -0.25) is 0 Å². The molecule has 0 spiro atoms. The summed E-state index contributed by atoms with van der Waals surface area (Å²) in [5.74, 6) is 0.830.